The Morgan fingerprint density at radius 2 is 1.83 bits per heavy atom. The molecule has 3 fully saturated rings. The van der Waals surface area contributed by atoms with E-state index in [1.165, 1.54) is 0 Å². The summed E-state index contributed by atoms with van der Waals surface area (Å²) in [6, 6.07) is 6.08. The van der Waals surface area contributed by atoms with Gasteiger partial charge in [0.15, 0.2) is 5.82 Å². The molecule has 2 N–H and O–H groups in total. The quantitative estimate of drug-likeness (QED) is 0.639. The van der Waals surface area contributed by atoms with E-state index in [-0.39, 0.29) is 29.9 Å². The lowest BCUT2D eigenvalue weighted by Gasteiger charge is -2.28. The smallest absolute Gasteiger partial charge is 0.381 e. The highest BCUT2D eigenvalue weighted by Crippen LogP contribution is 2.42. The van der Waals surface area contributed by atoms with Crippen LogP contribution in [0.25, 0.3) is 11.3 Å². The summed E-state index contributed by atoms with van der Waals surface area (Å²) >= 11 is 0. The molecule has 1 amide bonds. The zero-order valence-electron chi connectivity index (χ0n) is 20.0. The third-order valence-electron chi connectivity index (χ3n) is 8.15. The van der Waals surface area contributed by atoms with Crippen molar-refractivity contribution in [1.29, 1.82) is 0 Å². The number of alkyl halides is 3. The van der Waals surface area contributed by atoms with Crippen LogP contribution in [0.3, 0.4) is 0 Å². The first-order valence-corrected chi connectivity index (χ1v) is 12.8. The first-order valence-electron chi connectivity index (χ1n) is 12.8. The number of anilines is 2. The van der Waals surface area contributed by atoms with Crippen molar-refractivity contribution >= 4 is 17.4 Å². The summed E-state index contributed by atoms with van der Waals surface area (Å²) in [4.78, 5) is 14.2. The second kappa shape index (κ2) is 9.30. The molecule has 1 aromatic carbocycles. The lowest BCUT2D eigenvalue weighted by molar-refractivity contribution is -0.137. The molecule has 0 unspecified atom stereocenters. The zero-order chi connectivity index (χ0) is 24.9. The SMILES string of the molecule is O=C1Cc2cc(-c3cc(C(F)(F)F)c(N[C@@H]4C[C@@H]5CN(CC6CCOCC6)C[C@@H]5C4)nn3)ccc2N1. The molecule has 4 heterocycles. The van der Waals surface area contributed by atoms with Crippen LogP contribution in [-0.2, 0) is 22.1 Å². The fraction of sp³-hybridized carbons (Fsp3) is 0.577. The standard InChI is InChI=1S/C26H30F3N5O2/c27-26(28,29)21-11-23(16-1-2-22-17(7-16)10-24(35)31-22)32-33-25(21)30-20-8-18-13-34(14-19(18)9-20)12-15-3-5-36-6-4-15/h1-2,7,11,15,18-20H,3-6,8-10,12-14H2,(H,30,33)(H,31,35)/t18-,19+,20-. The van der Waals surface area contributed by atoms with Gasteiger partial charge in [-0.1, -0.05) is 6.07 Å². The van der Waals surface area contributed by atoms with Gasteiger partial charge in [-0.15, -0.1) is 10.2 Å². The lowest BCUT2D eigenvalue weighted by atomic mass is 10.00. The Labute approximate surface area is 207 Å². The van der Waals surface area contributed by atoms with Crippen molar-refractivity contribution in [3.63, 3.8) is 0 Å². The monoisotopic (exact) mass is 501 g/mol. The number of likely N-dealkylation sites (tertiary alicyclic amines) is 1. The fourth-order valence-electron chi connectivity index (χ4n) is 6.40. The van der Waals surface area contributed by atoms with Gasteiger partial charge in [0.1, 0.15) is 5.56 Å². The second-order valence-corrected chi connectivity index (χ2v) is 10.7. The van der Waals surface area contributed by atoms with Gasteiger partial charge >= 0.3 is 6.18 Å². The van der Waals surface area contributed by atoms with E-state index in [4.69, 9.17) is 4.74 Å². The van der Waals surface area contributed by atoms with Gasteiger partial charge < -0.3 is 20.3 Å². The molecule has 36 heavy (non-hydrogen) atoms. The maximum Gasteiger partial charge on any atom is 0.420 e. The molecular formula is C26H30F3N5O2. The van der Waals surface area contributed by atoms with Gasteiger partial charge in [-0.05, 0) is 67.2 Å². The van der Waals surface area contributed by atoms with Crippen LogP contribution < -0.4 is 10.6 Å². The van der Waals surface area contributed by atoms with Crippen molar-refractivity contribution in [3.05, 3.63) is 35.4 Å². The largest absolute Gasteiger partial charge is 0.420 e. The first-order chi connectivity index (χ1) is 17.3. The summed E-state index contributed by atoms with van der Waals surface area (Å²) in [6.07, 6.45) is -0.422. The number of fused-ring (bicyclic) bond motifs is 2. The number of rotatable bonds is 5. The second-order valence-electron chi connectivity index (χ2n) is 10.7. The number of carbonyl (C=O) groups excluding carboxylic acids is 1. The summed E-state index contributed by atoms with van der Waals surface area (Å²) in [7, 11) is 0. The summed E-state index contributed by atoms with van der Waals surface area (Å²) in [6.45, 7) is 4.84. The normalized spacial score (nSPS) is 26.6. The Morgan fingerprint density at radius 1 is 1.08 bits per heavy atom. The highest BCUT2D eigenvalue weighted by Gasteiger charge is 2.43. The molecule has 4 aliphatic rings. The summed E-state index contributed by atoms with van der Waals surface area (Å²) in [5, 5.41) is 13.9. The van der Waals surface area contributed by atoms with Gasteiger partial charge in [0.25, 0.3) is 0 Å². The predicted octanol–water partition coefficient (Wildman–Crippen LogP) is 4.21. The van der Waals surface area contributed by atoms with E-state index in [9.17, 15) is 18.0 Å². The number of ether oxygens (including phenoxy) is 1. The van der Waals surface area contributed by atoms with Crippen molar-refractivity contribution in [2.24, 2.45) is 17.8 Å². The lowest BCUT2D eigenvalue weighted by Crippen LogP contribution is -2.32. The Morgan fingerprint density at radius 3 is 2.56 bits per heavy atom. The van der Waals surface area contributed by atoms with E-state index in [1.54, 1.807) is 18.2 Å². The van der Waals surface area contributed by atoms with Gasteiger partial charge in [-0.3, -0.25) is 4.79 Å². The zero-order valence-corrected chi connectivity index (χ0v) is 20.0. The van der Waals surface area contributed by atoms with Crippen LogP contribution in [0.5, 0.6) is 0 Å². The van der Waals surface area contributed by atoms with Gasteiger partial charge in [0.05, 0.1) is 12.1 Å². The highest BCUT2D eigenvalue weighted by molar-refractivity contribution is 5.99. The third-order valence-corrected chi connectivity index (χ3v) is 8.15. The molecule has 6 rings (SSSR count). The van der Waals surface area contributed by atoms with Crippen molar-refractivity contribution in [2.75, 3.05) is 43.5 Å². The predicted molar refractivity (Wildman–Crippen MR) is 128 cm³/mol. The summed E-state index contributed by atoms with van der Waals surface area (Å²) in [5.74, 6) is 1.38. The van der Waals surface area contributed by atoms with E-state index in [0.717, 1.165) is 70.2 Å². The first kappa shape index (κ1) is 23.7. The Kier molecular flexibility index (Phi) is 6.11. The number of nitrogens with one attached hydrogen (secondary N) is 2. The number of hydrogen-bond acceptors (Lipinski definition) is 6. The van der Waals surface area contributed by atoms with Crippen LogP contribution in [0, 0.1) is 17.8 Å². The minimum atomic E-state index is -4.56. The van der Waals surface area contributed by atoms with E-state index in [2.05, 4.69) is 25.7 Å². The molecule has 2 saturated heterocycles. The molecule has 10 heteroatoms. The Balaban J connectivity index is 1.13. The van der Waals surface area contributed by atoms with Crippen LogP contribution in [0.2, 0.25) is 0 Å². The van der Waals surface area contributed by atoms with E-state index >= 15 is 0 Å². The maximum atomic E-state index is 14.0. The topological polar surface area (TPSA) is 79.4 Å². The van der Waals surface area contributed by atoms with Crippen LogP contribution in [-0.4, -0.2) is 59.9 Å². The Bertz CT molecular complexity index is 1140. The molecule has 0 radical (unpaired) electrons. The fourth-order valence-corrected chi connectivity index (χ4v) is 6.40. The van der Waals surface area contributed by atoms with Crippen molar-refractivity contribution < 1.29 is 22.7 Å². The van der Waals surface area contributed by atoms with E-state index in [1.807, 2.05) is 0 Å². The number of nitrogens with zero attached hydrogens (tertiary/aromatic N) is 3. The molecule has 192 valence electrons. The number of amides is 1. The van der Waals surface area contributed by atoms with E-state index in [0.29, 0.717) is 29.0 Å². The summed E-state index contributed by atoms with van der Waals surface area (Å²) < 4.78 is 47.5. The molecule has 3 atom stereocenters. The minimum Gasteiger partial charge on any atom is -0.381 e. The van der Waals surface area contributed by atoms with Crippen LogP contribution in [0.15, 0.2) is 24.3 Å². The number of carbonyl (C=O) groups is 1. The summed E-state index contributed by atoms with van der Waals surface area (Å²) in [5.41, 5.74) is 1.28. The van der Waals surface area contributed by atoms with Crippen LogP contribution >= 0.6 is 0 Å². The Hall–Kier alpha value is -2.72. The third kappa shape index (κ3) is 4.80. The van der Waals surface area contributed by atoms with Crippen molar-refractivity contribution in [1.82, 2.24) is 15.1 Å². The molecule has 7 nitrogen and oxygen atoms in total. The molecule has 1 aliphatic carbocycles. The number of hydrogen-bond donors (Lipinski definition) is 2. The number of aromatic nitrogens is 2. The van der Waals surface area contributed by atoms with Crippen molar-refractivity contribution in [2.45, 2.75) is 44.3 Å². The van der Waals surface area contributed by atoms with Gasteiger partial charge in [0, 0.05) is 50.1 Å². The van der Waals surface area contributed by atoms with Crippen LogP contribution in [0.4, 0.5) is 24.7 Å². The van der Waals surface area contributed by atoms with Crippen molar-refractivity contribution in [3.8, 4) is 11.3 Å². The van der Waals surface area contributed by atoms with Gasteiger partial charge in [-0.2, -0.15) is 13.2 Å². The number of benzene rings is 1. The van der Waals surface area contributed by atoms with E-state index < -0.39 is 11.7 Å². The average molecular weight is 502 g/mol. The van der Waals surface area contributed by atoms with Crippen LogP contribution in [0.1, 0.15) is 36.8 Å². The molecule has 1 saturated carbocycles. The molecule has 0 spiro atoms. The average Bonchev–Trinajstić information content (AvgIpc) is 3.50. The molecule has 2 aromatic rings. The maximum absolute atomic E-state index is 14.0. The highest BCUT2D eigenvalue weighted by atomic mass is 19.4. The molecule has 3 aliphatic heterocycles. The molecular weight excluding hydrogens is 471 g/mol. The van der Waals surface area contributed by atoms with Gasteiger partial charge in [-0.25, -0.2) is 0 Å². The number of halogens is 3. The molecule has 0 bridgehead atoms. The minimum absolute atomic E-state index is 0.0384. The van der Waals surface area contributed by atoms with Gasteiger partial charge in [0.2, 0.25) is 5.91 Å². The molecule has 1 aromatic heterocycles.